The number of aromatic nitrogens is 1. The third kappa shape index (κ3) is 5.30. The van der Waals surface area contributed by atoms with Gasteiger partial charge in [0.25, 0.3) is 0 Å². The smallest absolute Gasteiger partial charge is 0.0544 e. The predicted octanol–water partition coefficient (Wildman–Crippen LogP) is 15.0. The van der Waals surface area contributed by atoms with Crippen LogP contribution in [0.1, 0.15) is 47.7 Å². The zero-order valence-electron chi connectivity index (χ0n) is 32.7. The highest BCUT2D eigenvalue weighted by Crippen LogP contribution is 2.51. The monoisotopic (exact) mass is 772 g/mol. The predicted molar refractivity (Wildman–Crippen MR) is 250 cm³/mol. The van der Waals surface area contributed by atoms with Gasteiger partial charge in [0.1, 0.15) is 0 Å². The lowest BCUT2D eigenvalue weighted by atomic mass is 9.82. The fourth-order valence-electron chi connectivity index (χ4n) is 9.65. The average Bonchev–Trinajstić information content (AvgIpc) is 3.91. The van der Waals surface area contributed by atoms with E-state index in [-0.39, 0.29) is 11.5 Å². The lowest BCUT2D eigenvalue weighted by Gasteiger charge is -2.33. The van der Waals surface area contributed by atoms with E-state index in [4.69, 9.17) is 10.3 Å². The second-order valence-electron chi connectivity index (χ2n) is 16.3. The lowest BCUT2D eigenvalue weighted by molar-refractivity contribution is 0.661. The van der Waals surface area contributed by atoms with Crippen LogP contribution in [-0.2, 0) is 5.41 Å². The zero-order valence-corrected chi connectivity index (χ0v) is 33.5. The van der Waals surface area contributed by atoms with Gasteiger partial charge in [-0.05, 0) is 92.7 Å². The molecule has 0 N–H and O–H groups in total. The van der Waals surface area contributed by atoms with Gasteiger partial charge in [-0.25, -0.2) is 0 Å². The van der Waals surface area contributed by atoms with Crippen LogP contribution in [0.4, 0.5) is 0 Å². The molecule has 12 rings (SSSR count). The maximum absolute atomic E-state index is 5.28. The Kier molecular flexibility index (Phi) is 7.51. The van der Waals surface area contributed by atoms with Gasteiger partial charge in [0.15, 0.2) is 0 Å². The Labute approximate surface area is 347 Å². The summed E-state index contributed by atoms with van der Waals surface area (Å²) in [7, 11) is 0. The van der Waals surface area contributed by atoms with Crippen LogP contribution in [0.25, 0.3) is 80.9 Å². The number of aliphatic imine (C=N–C) groups is 1. The molecule has 0 radical (unpaired) electrons. The Morgan fingerprint density at radius 2 is 1.24 bits per heavy atom. The highest BCUT2D eigenvalue weighted by Gasteiger charge is 2.36. The van der Waals surface area contributed by atoms with Crippen molar-refractivity contribution in [2.24, 2.45) is 4.99 Å². The molecule has 3 nitrogen and oxygen atoms in total. The molecule has 59 heavy (non-hydrogen) atoms. The average molecular weight is 773 g/mol. The standard InChI is InChI=1S/C55H38N3S/c1-55(2)46-25-12-9-22-39(46)43-31-44-40-23-10-13-26-50(40)58(51(44)32-47(43)55)38-29-42(53-45(30-38)41-24-11-14-27-52(41)59-53)36-20-15-21-37(28-36)54-56-48(34-16-5-3-6-17-34)33-49(57-54)35-18-7-4-8-19-35/h3-33,48H,1-2H3/q-1. The van der Waals surface area contributed by atoms with E-state index in [0.717, 1.165) is 39.5 Å². The molecule has 1 aliphatic carbocycles. The van der Waals surface area contributed by atoms with Crippen LogP contribution in [-0.4, -0.2) is 10.4 Å². The topological polar surface area (TPSA) is 31.4 Å². The van der Waals surface area contributed by atoms with E-state index in [2.05, 4.69) is 206 Å². The number of hydrogen-bond acceptors (Lipinski definition) is 2. The van der Waals surface area contributed by atoms with Crippen molar-refractivity contribution in [2.75, 3.05) is 0 Å². The summed E-state index contributed by atoms with van der Waals surface area (Å²) in [6, 6.07) is 66.1. The summed E-state index contributed by atoms with van der Waals surface area (Å²) in [5.41, 5.74) is 15.4. The van der Waals surface area contributed by atoms with Gasteiger partial charge in [0.05, 0.1) is 11.0 Å². The maximum atomic E-state index is 5.28. The Bertz CT molecular complexity index is 3380. The van der Waals surface area contributed by atoms with E-state index >= 15 is 0 Å². The minimum Gasteiger partial charge on any atom is -0.454 e. The molecule has 0 bridgehead atoms. The van der Waals surface area contributed by atoms with Gasteiger partial charge >= 0.3 is 0 Å². The Morgan fingerprint density at radius 1 is 0.525 bits per heavy atom. The molecule has 2 aromatic heterocycles. The van der Waals surface area contributed by atoms with Gasteiger partial charge in [-0.1, -0.05) is 165 Å². The van der Waals surface area contributed by atoms with E-state index in [0.29, 0.717) is 0 Å². The Morgan fingerprint density at radius 3 is 2.10 bits per heavy atom. The van der Waals surface area contributed by atoms with E-state index < -0.39 is 0 Å². The molecule has 4 heteroatoms. The fourth-order valence-corrected chi connectivity index (χ4v) is 10.9. The number of fused-ring (bicyclic) bond motifs is 9. The molecular formula is C55H38N3S-. The highest BCUT2D eigenvalue weighted by atomic mass is 32.1. The third-order valence-electron chi connectivity index (χ3n) is 12.5. The van der Waals surface area contributed by atoms with Crippen LogP contribution in [0.5, 0.6) is 0 Å². The van der Waals surface area contributed by atoms with E-state index in [9.17, 15) is 0 Å². The van der Waals surface area contributed by atoms with Crippen LogP contribution in [0, 0.1) is 0 Å². The number of rotatable bonds is 5. The van der Waals surface area contributed by atoms with Crippen LogP contribution in [0.2, 0.25) is 0 Å². The van der Waals surface area contributed by atoms with Gasteiger partial charge in [-0.3, -0.25) is 0 Å². The van der Waals surface area contributed by atoms with E-state index in [1.54, 1.807) is 0 Å². The second-order valence-corrected chi connectivity index (χ2v) is 17.4. The summed E-state index contributed by atoms with van der Waals surface area (Å²) >= 11 is 1.87. The molecule has 280 valence electrons. The molecule has 0 spiro atoms. The van der Waals surface area contributed by atoms with Crippen molar-refractivity contribution in [3.8, 4) is 27.9 Å². The highest BCUT2D eigenvalue weighted by molar-refractivity contribution is 7.26. The first-order valence-corrected chi connectivity index (χ1v) is 21.2. The molecule has 0 amide bonds. The van der Waals surface area contributed by atoms with Gasteiger partial charge < -0.3 is 14.9 Å². The van der Waals surface area contributed by atoms with Crippen LogP contribution in [0.15, 0.2) is 193 Å². The number of para-hydroxylation sites is 1. The molecule has 8 aromatic carbocycles. The molecule has 3 heterocycles. The van der Waals surface area contributed by atoms with Crippen molar-refractivity contribution >= 4 is 64.8 Å². The number of amidine groups is 1. The van der Waals surface area contributed by atoms with Crippen molar-refractivity contribution in [1.82, 2.24) is 4.57 Å². The summed E-state index contributed by atoms with van der Waals surface area (Å²) in [6.07, 6.45) is 2.18. The molecule has 10 aromatic rings. The van der Waals surface area contributed by atoms with Crippen molar-refractivity contribution in [2.45, 2.75) is 25.3 Å². The molecule has 1 unspecified atom stereocenters. The lowest BCUT2D eigenvalue weighted by Crippen LogP contribution is -2.14. The maximum Gasteiger partial charge on any atom is 0.0544 e. The van der Waals surface area contributed by atoms with Crippen LogP contribution >= 0.6 is 11.3 Å². The third-order valence-corrected chi connectivity index (χ3v) is 13.8. The first-order chi connectivity index (χ1) is 29.0. The molecule has 1 aliphatic heterocycles. The van der Waals surface area contributed by atoms with Gasteiger partial charge in [-0.15, -0.1) is 11.3 Å². The zero-order chi connectivity index (χ0) is 39.2. The minimum atomic E-state index is -0.144. The first-order valence-electron chi connectivity index (χ1n) is 20.4. The van der Waals surface area contributed by atoms with Gasteiger partial charge in [0, 0.05) is 53.7 Å². The molecule has 0 saturated carbocycles. The summed E-state index contributed by atoms with van der Waals surface area (Å²) in [4.78, 5) is 5.22. The quantitative estimate of drug-likeness (QED) is 0.167. The van der Waals surface area contributed by atoms with Crippen molar-refractivity contribution in [3.63, 3.8) is 0 Å². The van der Waals surface area contributed by atoms with Crippen molar-refractivity contribution in [1.29, 1.82) is 0 Å². The van der Waals surface area contributed by atoms with Gasteiger partial charge in [0.2, 0.25) is 0 Å². The number of benzene rings is 8. The fraction of sp³-hybridized carbons (Fsp3) is 0.0727. The minimum absolute atomic E-state index is 0.109. The second kappa shape index (κ2) is 13.0. The van der Waals surface area contributed by atoms with Crippen molar-refractivity contribution < 1.29 is 0 Å². The summed E-state index contributed by atoms with van der Waals surface area (Å²) in [6.45, 7) is 4.74. The Balaban J connectivity index is 1.07. The van der Waals surface area contributed by atoms with Gasteiger partial charge in [-0.2, -0.15) is 0 Å². The molecule has 0 saturated heterocycles. The van der Waals surface area contributed by atoms with E-state index in [1.807, 2.05) is 11.3 Å². The Hall–Kier alpha value is -7.01. The first kappa shape index (κ1) is 34.1. The normalized spacial score (nSPS) is 15.6. The number of nitrogens with zero attached hydrogens (tertiary/aromatic N) is 3. The summed E-state index contributed by atoms with van der Waals surface area (Å²) in [5, 5.41) is 10.4. The number of thiophene rings is 1. The molecule has 1 atom stereocenters. The molecule has 0 fully saturated rings. The summed E-state index contributed by atoms with van der Waals surface area (Å²) in [5.74, 6) is 0.741. The number of hydrogen-bond donors (Lipinski definition) is 0. The largest absolute Gasteiger partial charge is 0.454 e. The van der Waals surface area contributed by atoms with Crippen LogP contribution in [0.3, 0.4) is 0 Å². The van der Waals surface area contributed by atoms with Crippen molar-refractivity contribution in [3.05, 3.63) is 221 Å². The molecular weight excluding hydrogens is 735 g/mol. The summed E-state index contributed by atoms with van der Waals surface area (Å²) < 4.78 is 5.07. The van der Waals surface area contributed by atoms with E-state index in [1.165, 1.54) is 69.8 Å². The molecule has 2 aliphatic rings. The van der Waals surface area contributed by atoms with Crippen LogP contribution < -0.4 is 0 Å². The SMILES string of the molecule is CC1(C)c2ccccc2-c2cc3c4ccccc4n(-c4cc(-c5cccc(C6=NC(c7ccccc7)=CC(c7ccccc7)[N-]6)c5)c5sc6ccccc6c5c4)c3cc21.